The van der Waals surface area contributed by atoms with Gasteiger partial charge in [-0.2, -0.15) is 4.89 Å². The van der Waals surface area contributed by atoms with Crippen LogP contribution in [0.25, 0.3) is 0 Å². The summed E-state index contributed by atoms with van der Waals surface area (Å²) in [5, 5.41) is 11.2. The minimum atomic E-state index is -2.30. The van der Waals surface area contributed by atoms with Crippen LogP contribution < -0.4 is 5.32 Å². The number of hydrogen-bond donors (Lipinski definition) is 3. The number of hydrogen-bond acceptors (Lipinski definition) is 3. The molecule has 5 nitrogen and oxygen atoms in total. The van der Waals surface area contributed by atoms with Gasteiger partial charge in [-0.05, 0) is 11.0 Å². The van der Waals surface area contributed by atoms with E-state index >= 15 is 0 Å². The first-order valence-corrected chi connectivity index (χ1v) is 5.57. The second kappa shape index (κ2) is 6.95. The van der Waals surface area contributed by atoms with Crippen molar-refractivity contribution in [1.82, 2.24) is 5.32 Å². The van der Waals surface area contributed by atoms with Gasteiger partial charge in [0, 0.05) is 0 Å². The summed E-state index contributed by atoms with van der Waals surface area (Å²) in [7, 11) is -2.30. The Bertz CT molecular complexity index is 185. The van der Waals surface area contributed by atoms with Crippen molar-refractivity contribution in [2.45, 2.75) is 32.2 Å². The zero-order chi connectivity index (χ0) is 10.3. The molecule has 2 atom stereocenters. The molecule has 0 aromatic carbocycles. The van der Waals surface area contributed by atoms with Gasteiger partial charge in [0.1, 0.15) is 6.04 Å². The quantitative estimate of drug-likeness (QED) is 0.541. The summed E-state index contributed by atoms with van der Waals surface area (Å²) in [6, 6.07) is -0.703. The third-order valence-electron chi connectivity index (χ3n) is 1.62. The molecule has 0 fully saturated rings. The Kier molecular flexibility index (Phi) is 6.68. The van der Waals surface area contributed by atoms with E-state index in [1.807, 2.05) is 6.92 Å². The van der Waals surface area contributed by atoms with Gasteiger partial charge in [0.15, 0.2) is 0 Å². The standard InChI is InChI=1S/C7H14NO4P/c1-2-3-4-6(7(9)10)8-5-13(11)12/h6,8H,2-5H2,1H3,(H-,9,10,11,12)/p+1. The van der Waals surface area contributed by atoms with Gasteiger partial charge in [0.25, 0.3) is 0 Å². The van der Waals surface area contributed by atoms with Crippen LogP contribution in [0.4, 0.5) is 0 Å². The van der Waals surface area contributed by atoms with Crippen LogP contribution in [0.3, 0.4) is 0 Å². The smallest absolute Gasteiger partial charge is 0.480 e. The first kappa shape index (κ1) is 12.5. The summed E-state index contributed by atoms with van der Waals surface area (Å²) in [6.07, 6.45) is 2.05. The maximum atomic E-state index is 10.6. The summed E-state index contributed by atoms with van der Waals surface area (Å²) < 4.78 is 10.3. The fourth-order valence-corrected chi connectivity index (χ4v) is 1.29. The molecule has 0 aliphatic carbocycles. The average Bonchev–Trinajstić information content (AvgIpc) is 2.03. The van der Waals surface area contributed by atoms with Crippen molar-refractivity contribution in [1.29, 1.82) is 0 Å². The van der Waals surface area contributed by atoms with E-state index in [4.69, 9.17) is 10.00 Å². The van der Waals surface area contributed by atoms with Gasteiger partial charge < -0.3 is 5.11 Å². The van der Waals surface area contributed by atoms with Crippen molar-refractivity contribution in [2.75, 3.05) is 6.29 Å². The molecule has 0 radical (unpaired) electrons. The van der Waals surface area contributed by atoms with E-state index < -0.39 is 20.0 Å². The lowest BCUT2D eigenvalue weighted by molar-refractivity contribution is -0.139. The molecule has 6 heteroatoms. The monoisotopic (exact) mass is 208 g/mol. The third kappa shape index (κ3) is 6.63. The molecule has 3 N–H and O–H groups in total. The Labute approximate surface area is 78.0 Å². The van der Waals surface area contributed by atoms with Crippen LogP contribution in [0.15, 0.2) is 0 Å². The lowest BCUT2D eigenvalue weighted by Gasteiger charge is -2.09. The number of rotatable bonds is 7. The average molecular weight is 208 g/mol. The number of unbranched alkanes of at least 4 members (excludes halogenated alkanes) is 1. The van der Waals surface area contributed by atoms with Crippen molar-refractivity contribution in [3.8, 4) is 0 Å². The lowest BCUT2D eigenvalue weighted by Crippen LogP contribution is -2.36. The van der Waals surface area contributed by atoms with E-state index in [1.165, 1.54) is 0 Å². The minimum absolute atomic E-state index is 0.157. The van der Waals surface area contributed by atoms with Crippen molar-refractivity contribution >= 4 is 14.0 Å². The molecule has 0 bridgehead atoms. The summed E-state index contributed by atoms with van der Waals surface area (Å²) in [6.45, 7) is 1.96. The topological polar surface area (TPSA) is 86.6 Å². The molecule has 0 saturated heterocycles. The first-order valence-electron chi connectivity index (χ1n) is 4.17. The van der Waals surface area contributed by atoms with E-state index in [0.717, 1.165) is 12.8 Å². The number of carboxylic acids is 1. The van der Waals surface area contributed by atoms with Crippen LogP contribution in [0, 0.1) is 0 Å². The predicted octanol–water partition coefficient (Wildman–Crippen LogP) is 0.912. The van der Waals surface area contributed by atoms with Gasteiger partial charge in [-0.3, -0.25) is 10.1 Å². The van der Waals surface area contributed by atoms with Crippen molar-refractivity contribution in [3.05, 3.63) is 0 Å². The molecule has 0 aromatic rings. The number of carbonyl (C=O) groups is 1. The van der Waals surface area contributed by atoms with Crippen LogP contribution in [-0.4, -0.2) is 28.3 Å². The van der Waals surface area contributed by atoms with E-state index in [1.54, 1.807) is 0 Å². The van der Waals surface area contributed by atoms with E-state index in [0.29, 0.717) is 6.42 Å². The van der Waals surface area contributed by atoms with Gasteiger partial charge >= 0.3 is 14.0 Å². The normalized spacial score (nSPS) is 13.8. The van der Waals surface area contributed by atoms with Crippen molar-refractivity contribution in [2.24, 2.45) is 0 Å². The van der Waals surface area contributed by atoms with E-state index in [2.05, 4.69) is 5.32 Å². The molecule has 0 aliphatic rings. The van der Waals surface area contributed by atoms with Crippen LogP contribution >= 0.6 is 8.03 Å². The number of nitrogens with one attached hydrogen (secondary N) is 1. The Morgan fingerprint density at radius 1 is 1.62 bits per heavy atom. The molecule has 13 heavy (non-hydrogen) atoms. The molecule has 76 valence electrons. The zero-order valence-electron chi connectivity index (χ0n) is 7.56. The van der Waals surface area contributed by atoms with Gasteiger partial charge in [-0.1, -0.05) is 19.8 Å². The van der Waals surface area contributed by atoms with Crippen LogP contribution in [0.1, 0.15) is 26.2 Å². The van der Waals surface area contributed by atoms with Crippen molar-refractivity contribution in [3.63, 3.8) is 0 Å². The Hall–Kier alpha value is -0.510. The molecule has 0 amide bonds. The first-order chi connectivity index (χ1) is 6.07. The number of aliphatic carboxylic acids is 1. The highest BCUT2D eigenvalue weighted by Crippen LogP contribution is 2.10. The molecule has 0 rings (SSSR count). The molecule has 2 unspecified atom stereocenters. The second-order valence-corrected chi connectivity index (χ2v) is 3.77. The minimum Gasteiger partial charge on any atom is -0.480 e. The molecule has 0 heterocycles. The fourth-order valence-electron chi connectivity index (χ4n) is 0.909. The number of carboxylic acid groups (broad SMARTS) is 1. The van der Waals surface area contributed by atoms with Gasteiger partial charge in [0.2, 0.25) is 6.29 Å². The van der Waals surface area contributed by atoms with Gasteiger partial charge in [-0.15, -0.1) is 0 Å². The highest BCUT2D eigenvalue weighted by atomic mass is 31.1. The second-order valence-electron chi connectivity index (χ2n) is 2.75. The highest BCUT2D eigenvalue weighted by Gasteiger charge is 2.20. The zero-order valence-corrected chi connectivity index (χ0v) is 8.46. The maximum Gasteiger partial charge on any atom is 0.521 e. The summed E-state index contributed by atoms with van der Waals surface area (Å²) in [5.74, 6) is -0.967. The largest absolute Gasteiger partial charge is 0.521 e. The van der Waals surface area contributed by atoms with E-state index in [-0.39, 0.29) is 6.29 Å². The summed E-state index contributed by atoms with van der Waals surface area (Å²) in [4.78, 5) is 19.0. The predicted molar refractivity (Wildman–Crippen MR) is 48.8 cm³/mol. The van der Waals surface area contributed by atoms with Gasteiger partial charge in [0.05, 0.1) is 0 Å². The van der Waals surface area contributed by atoms with Crippen LogP contribution in [-0.2, 0) is 9.36 Å². The fraction of sp³-hybridized carbons (Fsp3) is 0.857. The summed E-state index contributed by atoms with van der Waals surface area (Å²) >= 11 is 0. The van der Waals surface area contributed by atoms with E-state index in [9.17, 15) is 9.36 Å². The molecule has 0 saturated carbocycles. The third-order valence-corrected chi connectivity index (χ3v) is 2.07. The SMILES string of the molecule is CCCCC(NC[P+](=O)O)C(=O)O. The molecular formula is C7H15NO4P+. The highest BCUT2D eigenvalue weighted by molar-refractivity contribution is 7.37. The lowest BCUT2D eigenvalue weighted by atomic mass is 10.1. The Morgan fingerprint density at radius 3 is 2.62 bits per heavy atom. The molecule has 0 aliphatic heterocycles. The maximum absolute atomic E-state index is 10.6. The Morgan fingerprint density at radius 2 is 2.23 bits per heavy atom. The summed E-state index contributed by atoms with van der Waals surface area (Å²) in [5.41, 5.74) is 0. The van der Waals surface area contributed by atoms with Gasteiger partial charge in [-0.25, -0.2) is 0 Å². The van der Waals surface area contributed by atoms with Crippen LogP contribution in [0.5, 0.6) is 0 Å². The molecule has 0 spiro atoms. The molecular weight excluding hydrogens is 193 g/mol. The Balaban J connectivity index is 3.80. The van der Waals surface area contributed by atoms with Crippen molar-refractivity contribution < 1.29 is 19.4 Å². The van der Waals surface area contributed by atoms with Crippen LogP contribution in [0.2, 0.25) is 0 Å². The molecule has 0 aromatic heterocycles.